The monoisotopic (exact) mass is 291 g/mol. The van der Waals surface area contributed by atoms with Crippen LogP contribution in [0.2, 0.25) is 0 Å². The molecule has 2 amide bonds. The highest BCUT2D eigenvalue weighted by Crippen LogP contribution is 2.60. The summed E-state index contributed by atoms with van der Waals surface area (Å²) in [5, 5.41) is 1.01. The number of amides is 2. The maximum absolute atomic E-state index is 12.6. The molecule has 4 aliphatic rings. The van der Waals surface area contributed by atoms with Gasteiger partial charge >= 0.3 is 0 Å². The summed E-state index contributed by atoms with van der Waals surface area (Å²) in [6, 6.07) is 0. The summed E-state index contributed by atoms with van der Waals surface area (Å²) < 4.78 is 5.48. The normalized spacial score (nSPS) is 45.6. The lowest BCUT2D eigenvalue weighted by Gasteiger charge is -2.27. The lowest BCUT2D eigenvalue weighted by atomic mass is 9.73. The number of carbonyl (C=O) groups is 2. The van der Waals surface area contributed by atoms with Gasteiger partial charge in [-0.15, -0.1) is 5.06 Å². The highest BCUT2D eigenvalue weighted by Gasteiger charge is 2.65. The largest absolute Gasteiger partial charge is 0.350 e. The van der Waals surface area contributed by atoms with Gasteiger partial charge in [-0.1, -0.05) is 19.1 Å². The minimum absolute atomic E-state index is 0.160. The average molecular weight is 291 g/mol. The number of fused-ring (bicyclic) bond motifs is 5. The van der Waals surface area contributed by atoms with E-state index in [1.165, 1.54) is 0 Å². The van der Waals surface area contributed by atoms with Crippen LogP contribution in [0.15, 0.2) is 12.2 Å². The molecule has 2 saturated carbocycles. The highest BCUT2D eigenvalue weighted by molar-refractivity contribution is 6.05. The summed E-state index contributed by atoms with van der Waals surface area (Å²) in [5.41, 5.74) is 1.14. The summed E-state index contributed by atoms with van der Waals surface area (Å²) in [6.07, 6.45) is 3.23. The Hall–Kier alpha value is -1.20. The van der Waals surface area contributed by atoms with E-state index in [0.717, 1.165) is 36.3 Å². The average Bonchev–Trinajstić information content (AvgIpc) is 3.09. The number of rotatable bonds is 2. The molecule has 21 heavy (non-hydrogen) atoms. The van der Waals surface area contributed by atoms with Crippen molar-refractivity contribution in [2.24, 2.45) is 29.6 Å². The lowest BCUT2D eigenvalue weighted by molar-refractivity contribution is -0.268. The molecule has 5 nitrogen and oxygen atoms in total. The Bertz CT molecular complexity index is 510. The van der Waals surface area contributed by atoms with Crippen LogP contribution in [0, 0.1) is 29.6 Å². The molecule has 0 aromatic rings. The maximum atomic E-state index is 12.6. The van der Waals surface area contributed by atoms with Crippen molar-refractivity contribution in [1.29, 1.82) is 0 Å². The van der Waals surface area contributed by atoms with Gasteiger partial charge in [0.15, 0.2) is 6.29 Å². The molecule has 0 aromatic heterocycles. The van der Waals surface area contributed by atoms with Crippen molar-refractivity contribution >= 4 is 11.8 Å². The van der Waals surface area contributed by atoms with E-state index >= 15 is 0 Å². The predicted molar refractivity (Wildman–Crippen MR) is 73.4 cm³/mol. The molecule has 2 aliphatic heterocycles. The second kappa shape index (κ2) is 4.65. The van der Waals surface area contributed by atoms with E-state index in [1.54, 1.807) is 0 Å². The minimum Gasteiger partial charge on any atom is -0.350 e. The van der Waals surface area contributed by atoms with Crippen LogP contribution >= 0.6 is 0 Å². The van der Waals surface area contributed by atoms with E-state index in [9.17, 15) is 9.59 Å². The van der Waals surface area contributed by atoms with E-state index in [2.05, 4.69) is 13.5 Å². The molecule has 2 heterocycles. The summed E-state index contributed by atoms with van der Waals surface area (Å²) in [5.74, 6) is -0.0387. The first-order valence-corrected chi connectivity index (χ1v) is 7.94. The molecule has 2 aliphatic carbocycles. The molecule has 5 heteroatoms. The third-order valence-electron chi connectivity index (χ3n) is 5.84. The van der Waals surface area contributed by atoms with Crippen molar-refractivity contribution in [3.05, 3.63) is 12.2 Å². The van der Waals surface area contributed by atoms with Gasteiger partial charge in [-0.3, -0.25) is 9.59 Å². The highest BCUT2D eigenvalue weighted by atomic mass is 16.8. The van der Waals surface area contributed by atoms with E-state index in [4.69, 9.17) is 9.57 Å². The number of carbonyl (C=O) groups excluding carboxylic acids is 2. The molecule has 114 valence electrons. The Balaban J connectivity index is 1.55. The van der Waals surface area contributed by atoms with Gasteiger partial charge in [-0.25, -0.2) is 4.84 Å². The summed E-state index contributed by atoms with van der Waals surface area (Å²) >= 11 is 0. The van der Waals surface area contributed by atoms with E-state index in [0.29, 0.717) is 12.5 Å². The predicted octanol–water partition coefficient (Wildman–Crippen LogP) is 1.89. The Morgan fingerprint density at radius 3 is 2.71 bits per heavy atom. The summed E-state index contributed by atoms with van der Waals surface area (Å²) in [6.45, 7) is 6.88. The fourth-order valence-corrected chi connectivity index (χ4v) is 4.67. The van der Waals surface area contributed by atoms with E-state index < -0.39 is 6.29 Å². The van der Waals surface area contributed by atoms with Crippen molar-refractivity contribution in [2.75, 3.05) is 6.61 Å². The molecule has 2 saturated heterocycles. The van der Waals surface area contributed by atoms with Crippen LogP contribution in [0.1, 0.15) is 32.6 Å². The van der Waals surface area contributed by atoms with Crippen LogP contribution in [0.25, 0.3) is 0 Å². The van der Waals surface area contributed by atoms with Crippen LogP contribution in [-0.2, 0) is 19.2 Å². The number of ether oxygens (including phenoxy) is 1. The van der Waals surface area contributed by atoms with Crippen LogP contribution in [0.4, 0.5) is 0 Å². The molecule has 0 radical (unpaired) electrons. The number of hydrogen-bond acceptors (Lipinski definition) is 4. The van der Waals surface area contributed by atoms with Gasteiger partial charge < -0.3 is 4.74 Å². The van der Waals surface area contributed by atoms with Gasteiger partial charge in [0, 0.05) is 13.0 Å². The van der Waals surface area contributed by atoms with Gasteiger partial charge in [0.25, 0.3) is 11.8 Å². The number of nitrogens with zero attached hydrogens (tertiary/aromatic N) is 1. The molecule has 0 spiro atoms. The van der Waals surface area contributed by atoms with Gasteiger partial charge in [0.05, 0.1) is 11.8 Å². The number of hydroxylamine groups is 2. The lowest BCUT2D eigenvalue weighted by Crippen LogP contribution is -2.38. The zero-order valence-corrected chi connectivity index (χ0v) is 12.3. The second-order valence-corrected chi connectivity index (χ2v) is 6.79. The van der Waals surface area contributed by atoms with Crippen molar-refractivity contribution in [1.82, 2.24) is 5.06 Å². The van der Waals surface area contributed by atoms with Crippen LogP contribution < -0.4 is 0 Å². The third-order valence-corrected chi connectivity index (χ3v) is 5.84. The van der Waals surface area contributed by atoms with Crippen molar-refractivity contribution in [3.8, 4) is 0 Å². The summed E-state index contributed by atoms with van der Waals surface area (Å²) in [4.78, 5) is 30.8. The first-order valence-electron chi connectivity index (χ1n) is 7.94. The molecule has 6 atom stereocenters. The standard InChI is InChI=1S/C16H21NO4/c1-8-9(2)11-7-10(8)13-14(11)16(19)17(15(13)18)21-12-5-3-4-6-20-12/h9-14H,1,3-7H2,2H3. The zero-order chi connectivity index (χ0) is 14.7. The molecule has 4 rings (SSSR count). The van der Waals surface area contributed by atoms with Crippen molar-refractivity contribution in [2.45, 2.75) is 38.9 Å². The number of allylic oxidation sites excluding steroid dienone is 1. The first kappa shape index (κ1) is 13.5. The molecular weight excluding hydrogens is 270 g/mol. The molecular formula is C16H21NO4. The van der Waals surface area contributed by atoms with Gasteiger partial charge in [-0.2, -0.15) is 0 Å². The zero-order valence-electron chi connectivity index (χ0n) is 12.3. The molecule has 0 N–H and O–H groups in total. The molecule has 6 unspecified atom stereocenters. The van der Waals surface area contributed by atoms with Crippen LogP contribution in [-0.4, -0.2) is 29.8 Å². The first-order chi connectivity index (χ1) is 10.1. The SMILES string of the molecule is C=C1C(C)C2CC1C1C(=O)N(OC3CCCCO3)C(=O)C21. The maximum Gasteiger partial charge on any atom is 0.258 e. The van der Waals surface area contributed by atoms with Crippen molar-refractivity contribution < 1.29 is 19.2 Å². The van der Waals surface area contributed by atoms with E-state index in [1.807, 2.05) is 0 Å². The van der Waals surface area contributed by atoms with Crippen LogP contribution in [0.5, 0.6) is 0 Å². The van der Waals surface area contributed by atoms with E-state index in [-0.39, 0.29) is 35.5 Å². The van der Waals surface area contributed by atoms with Gasteiger partial charge in [0.2, 0.25) is 0 Å². The quantitative estimate of drug-likeness (QED) is 0.576. The topological polar surface area (TPSA) is 55.8 Å². The Morgan fingerprint density at radius 1 is 1.24 bits per heavy atom. The Labute approximate surface area is 124 Å². The smallest absolute Gasteiger partial charge is 0.258 e. The number of imide groups is 1. The summed E-state index contributed by atoms with van der Waals surface area (Å²) in [7, 11) is 0. The second-order valence-electron chi connectivity index (χ2n) is 6.79. The molecule has 4 fully saturated rings. The Kier molecular flexibility index (Phi) is 2.98. The number of hydrogen-bond donors (Lipinski definition) is 0. The molecule has 2 bridgehead atoms. The Morgan fingerprint density at radius 2 is 2.00 bits per heavy atom. The van der Waals surface area contributed by atoms with Crippen LogP contribution in [0.3, 0.4) is 0 Å². The van der Waals surface area contributed by atoms with Gasteiger partial charge in [-0.05, 0) is 37.0 Å². The minimum atomic E-state index is -0.455. The fourth-order valence-electron chi connectivity index (χ4n) is 4.67. The van der Waals surface area contributed by atoms with Gasteiger partial charge in [0.1, 0.15) is 0 Å². The van der Waals surface area contributed by atoms with Crippen molar-refractivity contribution in [3.63, 3.8) is 0 Å². The third kappa shape index (κ3) is 1.77. The molecule has 0 aromatic carbocycles. The fraction of sp³-hybridized carbons (Fsp3) is 0.750.